The van der Waals surface area contributed by atoms with E-state index in [1.165, 1.54) is 11.6 Å². The van der Waals surface area contributed by atoms with Crippen LogP contribution in [0.4, 0.5) is 10.6 Å². The Morgan fingerprint density at radius 1 is 1.12 bits per heavy atom. The Morgan fingerprint density at radius 2 is 1.79 bits per heavy atom. The first-order chi connectivity index (χ1) is 11.4. The van der Waals surface area contributed by atoms with Crippen molar-refractivity contribution in [1.82, 2.24) is 14.9 Å². The standard InChI is InChI=1S/C16H18N4O4/c1-8(2)24-10-6-4-9(5-7-10)12-11-13(18-15(22)17-12)20(3)16(23)19-14(11)21/h4-8,12H,1-3H3,(H2,17,18,22)(H,19,21,23)/t12-/m1/s1. The number of rotatable bonds is 3. The molecule has 0 saturated carbocycles. The fourth-order valence-electron chi connectivity index (χ4n) is 2.66. The van der Waals surface area contributed by atoms with Crippen LogP contribution in [0, 0.1) is 0 Å². The molecule has 1 aromatic carbocycles. The van der Waals surface area contributed by atoms with Crippen molar-refractivity contribution in [3.05, 3.63) is 56.2 Å². The number of urea groups is 1. The van der Waals surface area contributed by atoms with Crippen LogP contribution in [-0.2, 0) is 7.05 Å². The Kier molecular flexibility index (Phi) is 3.88. The lowest BCUT2D eigenvalue weighted by molar-refractivity contribution is 0.242. The van der Waals surface area contributed by atoms with Gasteiger partial charge in [0.2, 0.25) is 0 Å². The van der Waals surface area contributed by atoms with Crippen LogP contribution in [0.3, 0.4) is 0 Å². The predicted octanol–water partition coefficient (Wildman–Crippen LogP) is 1.09. The van der Waals surface area contributed by atoms with Crippen molar-refractivity contribution in [2.24, 2.45) is 7.05 Å². The van der Waals surface area contributed by atoms with E-state index < -0.39 is 23.3 Å². The van der Waals surface area contributed by atoms with E-state index in [1.807, 2.05) is 13.8 Å². The predicted molar refractivity (Wildman–Crippen MR) is 88.5 cm³/mol. The molecule has 8 heteroatoms. The second kappa shape index (κ2) is 5.88. The number of carbonyl (C=O) groups is 1. The number of aromatic nitrogens is 2. The zero-order valence-corrected chi connectivity index (χ0v) is 13.5. The molecule has 8 nitrogen and oxygen atoms in total. The maximum atomic E-state index is 12.3. The van der Waals surface area contributed by atoms with Crippen molar-refractivity contribution < 1.29 is 9.53 Å². The zero-order valence-electron chi connectivity index (χ0n) is 13.5. The highest BCUT2D eigenvalue weighted by Crippen LogP contribution is 2.29. The van der Waals surface area contributed by atoms with Crippen LogP contribution in [-0.4, -0.2) is 21.7 Å². The summed E-state index contributed by atoms with van der Waals surface area (Å²) in [6.07, 6.45) is 0.0486. The van der Waals surface area contributed by atoms with Gasteiger partial charge in [-0.2, -0.15) is 0 Å². The zero-order chi connectivity index (χ0) is 17.4. The molecule has 3 rings (SSSR count). The lowest BCUT2D eigenvalue weighted by Gasteiger charge is -2.27. The van der Waals surface area contributed by atoms with Crippen molar-refractivity contribution in [1.29, 1.82) is 0 Å². The number of benzene rings is 1. The average Bonchev–Trinajstić information content (AvgIpc) is 2.52. The highest BCUT2D eigenvalue weighted by Gasteiger charge is 2.30. The number of carbonyl (C=O) groups excluding carboxylic acids is 1. The second-order valence-electron chi connectivity index (χ2n) is 5.85. The third-order valence-electron chi connectivity index (χ3n) is 3.74. The summed E-state index contributed by atoms with van der Waals surface area (Å²) in [7, 11) is 1.49. The molecule has 0 aliphatic carbocycles. The first-order valence-electron chi connectivity index (χ1n) is 7.54. The highest BCUT2D eigenvalue weighted by atomic mass is 16.5. The van der Waals surface area contributed by atoms with Gasteiger partial charge in [-0.3, -0.25) is 19.7 Å². The molecule has 0 bridgehead atoms. The molecular formula is C16H18N4O4. The first kappa shape index (κ1) is 15.9. The van der Waals surface area contributed by atoms with Crippen LogP contribution < -0.4 is 26.6 Å². The molecule has 0 spiro atoms. The number of fused-ring (bicyclic) bond motifs is 1. The molecule has 2 heterocycles. The number of aromatic amines is 1. The van der Waals surface area contributed by atoms with Gasteiger partial charge in [-0.15, -0.1) is 0 Å². The molecular weight excluding hydrogens is 312 g/mol. The molecule has 1 aliphatic heterocycles. The summed E-state index contributed by atoms with van der Waals surface area (Å²) in [5, 5.41) is 5.23. The fourth-order valence-corrected chi connectivity index (χ4v) is 2.66. The minimum atomic E-state index is -0.655. The van der Waals surface area contributed by atoms with Crippen molar-refractivity contribution in [2.75, 3.05) is 5.32 Å². The summed E-state index contributed by atoms with van der Waals surface area (Å²) >= 11 is 0. The van der Waals surface area contributed by atoms with Crippen molar-refractivity contribution in [3.8, 4) is 5.75 Å². The fraction of sp³-hybridized carbons (Fsp3) is 0.312. The minimum Gasteiger partial charge on any atom is -0.491 e. The lowest BCUT2D eigenvalue weighted by Crippen LogP contribution is -2.46. The van der Waals surface area contributed by atoms with Crippen molar-refractivity contribution in [3.63, 3.8) is 0 Å². The Hall–Kier alpha value is -3.03. The number of amides is 2. The van der Waals surface area contributed by atoms with E-state index >= 15 is 0 Å². The average molecular weight is 330 g/mol. The van der Waals surface area contributed by atoms with Crippen molar-refractivity contribution in [2.45, 2.75) is 26.0 Å². The van der Waals surface area contributed by atoms with E-state index in [9.17, 15) is 14.4 Å². The van der Waals surface area contributed by atoms with E-state index in [0.717, 1.165) is 0 Å². The maximum Gasteiger partial charge on any atom is 0.329 e. The molecule has 1 aromatic heterocycles. The molecule has 2 amide bonds. The van der Waals surface area contributed by atoms with E-state index in [4.69, 9.17) is 4.74 Å². The Bertz CT molecular complexity index is 896. The molecule has 3 N–H and O–H groups in total. The monoisotopic (exact) mass is 330 g/mol. The van der Waals surface area contributed by atoms with Gasteiger partial charge in [0.25, 0.3) is 5.56 Å². The van der Waals surface area contributed by atoms with E-state index in [2.05, 4.69) is 15.6 Å². The van der Waals surface area contributed by atoms with Gasteiger partial charge in [0.15, 0.2) is 0 Å². The summed E-state index contributed by atoms with van der Waals surface area (Å²) in [6, 6.07) is 5.98. The minimum absolute atomic E-state index is 0.0486. The number of anilines is 1. The Labute approximate surface area is 137 Å². The normalized spacial score (nSPS) is 16.3. The molecule has 0 radical (unpaired) electrons. The number of hydrogen-bond donors (Lipinski definition) is 3. The third kappa shape index (κ3) is 2.78. The van der Waals surface area contributed by atoms with Gasteiger partial charge in [0.05, 0.1) is 17.7 Å². The van der Waals surface area contributed by atoms with Gasteiger partial charge < -0.3 is 10.1 Å². The summed E-state index contributed by atoms with van der Waals surface area (Å²) in [5.41, 5.74) is -0.117. The van der Waals surface area contributed by atoms with Crippen LogP contribution >= 0.6 is 0 Å². The summed E-state index contributed by atoms with van der Waals surface area (Å²) < 4.78 is 6.80. The summed E-state index contributed by atoms with van der Waals surface area (Å²) in [5.74, 6) is 0.892. The first-order valence-corrected chi connectivity index (χ1v) is 7.54. The molecule has 1 aliphatic rings. The van der Waals surface area contributed by atoms with E-state index in [-0.39, 0.29) is 17.5 Å². The van der Waals surface area contributed by atoms with Gasteiger partial charge in [-0.25, -0.2) is 9.59 Å². The van der Waals surface area contributed by atoms with Crippen LogP contribution in [0.1, 0.15) is 31.0 Å². The molecule has 0 fully saturated rings. The molecule has 0 saturated heterocycles. The Balaban J connectivity index is 2.08. The van der Waals surface area contributed by atoms with Crippen LogP contribution in [0.2, 0.25) is 0 Å². The number of H-pyrrole nitrogens is 1. The van der Waals surface area contributed by atoms with Gasteiger partial charge >= 0.3 is 11.7 Å². The van der Waals surface area contributed by atoms with Gasteiger partial charge in [0, 0.05) is 7.05 Å². The Morgan fingerprint density at radius 3 is 2.42 bits per heavy atom. The molecule has 0 unspecified atom stereocenters. The van der Waals surface area contributed by atoms with Gasteiger partial charge in [-0.1, -0.05) is 12.1 Å². The SMILES string of the molecule is CC(C)Oc1ccc([C@H]2NC(=O)Nc3c2c(=O)[nH]c(=O)n3C)cc1. The number of hydrogen-bond acceptors (Lipinski definition) is 4. The number of nitrogens with zero attached hydrogens (tertiary/aromatic N) is 1. The van der Waals surface area contributed by atoms with Crippen LogP contribution in [0.15, 0.2) is 33.9 Å². The quantitative estimate of drug-likeness (QED) is 0.783. The summed E-state index contributed by atoms with van der Waals surface area (Å²) in [4.78, 5) is 38.2. The number of ether oxygens (including phenoxy) is 1. The molecule has 1 atom stereocenters. The van der Waals surface area contributed by atoms with E-state index in [1.54, 1.807) is 24.3 Å². The number of nitrogens with one attached hydrogen (secondary N) is 3. The second-order valence-corrected chi connectivity index (χ2v) is 5.85. The maximum absolute atomic E-state index is 12.3. The lowest BCUT2D eigenvalue weighted by atomic mass is 9.98. The summed E-state index contributed by atoms with van der Waals surface area (Å²) in [6.45, 7) is 3.86. The largest absolute Gasteiger partial charge is 0.491 e. The van der Waals surface area contributed by atoms with Crippen molar-refractivity contribution >= 4 is 11.8 Å². The molecule has 2 aromatic rings. The smallest absolute Gasteiger partial charge is 0.329 e. The molecule has 24 heavy (non-hydrogen) atoms. The van der Waals surface area contributed by atoms with Crippen LogP contribution in [0.5, 0.6) is 5.75 Å². The molecule has 126 valence electrons. The highest BCUT2D eigenvalue weighted by molar-refractivity contribution is 5.92. The third-order valence-corrected chi connectivity index (χ3v) is 3.74. The van der Waals surface area contributed by atoms with E-state index in [0.29, 0.717) is 11.3 Å². The van der Waals surface area contributed by atoms with Gasteiger partial charge in [0.1, 0.15) is 11.6 Å². The van der Waals surface area contributed by atoms with Gasteiger partial charge in [-0.05, 0) is 31.5 Å². The van der Waals surface area contributed by atoms with Crippen LogP contribution in [0.25, 0.3) is 0 Å². The topological polar surface area (TPSA) is 105 Å².